The van der Waals surface area contributed by atoms with Gasteiger partial charge >= 0.3 is 12.1 Å². The van der Waals surface area contributed by atoms with Gasteiger partial charge in [0.15, 0.2) is 0 Å². The van der Waals surface area contributed by atoms with E-state index in [0.717, 1.165) is 17.5 Å². The molecular weight excluding hydrogens is 510 g/mol. The molecule has 40 heavy (non-hydrogen) atoms. The number of amides is 3. The Labute approximate surface area is 240 Å². The lowest BCUT2D eigenvalue weighted by molar-refractivity contribution is -0.147. The van der Waals surface area contributed by atoms with Gasteiger partial charge in [-0.2, -0.15) is 0 Å². The highest BCUT2D eigenvalue weighted by Gasteiger charge is 2.41. The second-order valence-corrected chi connectivity index (χ2v) is 12.1. The van der Waals surface area contributed by atoms with Crippen molar-refractivity contribution in [3.8, 4) is 0 Å². The van der Waals surface area contributed by atoms with Gasteiger partial charge in [-0.05, 0) is 82.9 Å². The van der Waals surface area contributed by atoms with Crippen LogP contribution in [0.5, 0.6) is 0 Å². The van der Waals surface area contributed by atoms with E-state index < -0.39 is 35.7 Å². The average Bonchev–Trinajstić information content (AvgIpc) is 2.86. The molecule has 1 rings (SSSR count). The summed E-state index contributed by atoms with van der Waals surface area (Å²) in [6.07, 6.45) is 1.40. The molecule has 4 unspecified atom stereocenters. The highest BCUT2D eigenvalue weighted by molar-refractivity contribution is 5.94. The van der Waals surface area contributed by atoms with Crippen LogP contribution in [-0.2, 0) is 23.9 Å². The van der Waals surface area contributed by atoms with Crippen LogP contribution < -0.4 is 10.6 Å². The molecule has 0 aliphatic heterocycles. The minimum atomic E-state index is -1.03. The number of alkyl carbamates (subject to hydrolysis) is 1. The number of ether oxygens (including phenoxy) is 2. The minimum absolute atomic E-state index is 0.239. The van der Waals surface area contributed by atoms with Gasteiger partial charge in [-0.15, -0.1) is 0 Å². The zero-order chi connectivity index (χ0) is 30.8. The molecule has 0 aliphatic carbocycles. The molecule has 0 saturated carbocycles. The molecule has 226 valence electrons. The highest BCUT2D eigenvalue weighted by Crippen LogP contribution is 2.32. The molecule has 0 bridgehead atoms. The zero-order valence-corrected chi connectivity index (χ0v) is 26.3. The second kappa shape index (κ2) is 15.6. The maximum atomic E-state index is 14.6. The van der Waals surface area contributed by atoms with Gasteiger partial charge in [0.25, 0.3) is 0 Å². The normalized spacial score (nSPS) is 14.5. The Morgan fingerprint density at radius 3 is 2.02 bits per heavy atom. The number of benzene rings is 1. The van der Waals surface area contributed by atoms with Gasteiger partial charge in [0, 0.05) is 6.04 Å². The molecule has 0 aliphatic rings. The molecule has 3 amide bonds. The Bertz CT molecular complexity index is 997. The smallest absolute Gasteiger partial charge is 0.408 e. The predicted molar refractivity (Wildman–Crippen MR) is 157 cm³/mol. The van der Waals surface area contributed by atoms with Crippen molar-refractivity contribution in [3.63, 3.8) is 0 Å². The number of methoxy groups -OCH3 is 1. The minimum Gasteiger partial charge on any atom is -0.468 e. The number of carbonyl (C=O) groups is 4. The Morgan fingerprint density at radius 1 is 0.975 bits per heavy atom. The van der Waals surface area contributed by atoms with E-state index >= 15 is 0 Å². The summed E-state index contributed by atoms with van der Waals surface area (Å²) in [5, 5.41) is 5.48. The molecule has 9 heteroatoms. The van der Waals surface area contributed by atoms with Gasteiger partial charge in [0.05, 0.1) is 7.11 Å². The summed E-state index contributed by atoms with van der Waals surface area (Å²) in [5.74, 6) is -1.32. The van der Waals surface area contributed by atoms with Gasteiger partial charge in [-0.25, -0.2) is 4.79 Å². The number of carbonyl (C=O) groups excluding carboxylic acids is 4. The summed E-state index contributed by atoms with van der Waals surface area (Å²) in [6, 6.07) is 3.38. The number of esters is 1. The highest BCUT2D eigenvalue weighted by atomic mass is 16.6. The van der Waals surface area contributed by atoms with E-state index in [2.05, 4.69) is 24.5 Å². The first-order valence-electron chi connectivity index (χ1n) is 14.3. The van der Waals surface area contributed by atoms with Crippen molar-refractivity contribution in [2.45, 2.75) is 112 Å². The number of hydrogen-bond donors (Lipinski definition) is 2. The second-order valence-electron chi connectivity index (χ2n) is 12.1. The molecule has 0 fully saturated rings. The van der Waals surface area contributed by atoms with E-state index in [1.54, 1.807) is 25.7 Å². The van der Waals surface area contributed by atoms with E-state index in [-0.39, 0.29) is 24.4 Å². The summed E-state index contributed by atoms with van der Waals surface area (Å²) in [6.45, 7) is 18.7. The Balaban J connectivity index is 3.76. The van der Waals surface area contributed by atoms with Crippen molar-refractivity contribution in [2.75, 3.05) is 13.7 Å². The van der Waals surface area contributed by atoms with Crippen LogP contribution in [0, 0.1) is 25.7 Å². The molecule has 1 aromatic rings. The van der Waals surface area contributed by atoms with Crippen LogP contribution in [0.2, 0.25) is 0 Å². The molecule has 0 heterocycles. The fourth-order valence-corrected chi connectivity index (χ4v) is 4.57. The molecule has 0 radical (unpaired) electrons. The molecule has 4 atom stereocenters. The van der Waals surface area contributed by atoms with Crippen LogP contribution in [0.15, 0.2) is 18.2 Å². The summed E-state index contributed by atoms with van der Waals surface area (Å²) in [5.41, 5.74) is 1.63. The van der Waals surface area contributed by atoms with Crippen molar-refractivity contribution in [3.05, 3.63) is 34.9 Å². The van der Waals surface area contributed by atoms with Crippen molar-refractivity contribution >= 4 is 23.9 Å². The number of hydrogen-bond acceptors (Lipinski definition) is 6. The topological polar surface area (TPSA) is 114 Å². The lowest BCUT2D eigenvalue weighted by Gasteiger charge is -2.40. The van der Waals surface area contributed by atoms with Crippen molar-refractivity contribution in [1.29, 1.82) is 0 Å². The number of aryl methyl sites for hydroxylation is 2. The third-order valence-corrected chi connectivity index (χ3v) is 7.02. The maximum Gasteiger partial charge on any atom is 0.408 e. The standard InChI is InChI=1S/C31H51N3O6/c1-12-20(4)26(33-30(38)40-31(8,9)10)29(37)34(23(7)17-16-19(2)3)27(28(36)32-18-24(35)39-11)25-21(5)14-13-15-22(25)6/h13-15,19-20,23,26-27H,12,16-18H2,1-11H3,(H,32,36)(H,33,38). The number of rotatable bonds is 13. The lowest BCUT2D eigenvalue weighted by atomic mass is 9.90. The lowest BCUT2D eigenvalue weighted by Crippen LogP contribution is -2.57. The monoisotopic (exact) mass is 561 g/mol. The van der Waals surface area contributed by atoms with Crippen LogP contribution in [0.4, 0.5) is 4.79 Å². The fourth-order valence-electron chi connectivity index (χ4n) is 4.57. The first-order valence-corrected chi connectivity index (χ1v) is 14.3. The van der Waals surface area contributed by atoms with Crippen LogP contribution in [0.1, 0.15) is 97.4 Å². The molecule has 0 spiro atoms. The number of nitrogens with one attached hydrogen (secondary N) is 2. The zero-order valence-electron chi connectivity index (χ0n) is 26.3. The summed E-state index contributed by atoms with van der Waals surface area (Å²) in [7, 11) is 1.25. The molecular formula is C31H51N3O6. The first-order chi connectivity index (χ1) is 18.5. The third-order valence-electron chi connectivity index (χ3n) is 7.02. The number of nitrogens with zero attached hydrogens (tertiary/aromatic N) is 1. The van der Waals surface area contributed by atoms with E-state index in [0.29, 0.717) is 24.3 Å². The third kappa shape index (κ3) is 10.5. The summed E-state index contributed by atoms with van der Waals surface area (Å²) < 4.78 is 10.2. The molecule has 2 N–H and O–H groups in total. The van der Waals surface area contributed by atoms with Gasteiger partial charge in [0.1, 0.15) is 24.2 Å². The molecule has 9 nitrogen and oxygen atoms in total. The van der Waals surface area contributed by atoms with Crippen molar-refractivity contribution in [1.82, 2.24) is 15.5 Å². The van der Waals surface area contributed by atoms with E-state index in [1.807, 2.05) is 52.8 Å². The van der Waals surface area contributed by atoms with Crippen LogP contribution >= 0.6 is 0 Å². The van der Waals surface area contributed by atoms with E-state index in [4.69, 9.17) is 9.47 Å². The van der Waals surface area contributed by atoms with Gasteiger partial charge in [-0.1, -0.05) is 52.3 Å². The van der Waals surface area contributed by atoms with Gasteiger partial charge in [-0.3, -0.25) is 14.4 Å². The first kappa shape index (κ1) is 34.9. The molecule has 1 aromatic carbocycles. The van der Waals surface area contributed by atoms with Gasteiger partial charge in [0.2, 0.25) is 11.8 Å². The van der Waals surface area contributed by atoms with Crippen LogP contribution in [0.3, 0.4) is 0 Å². The van der Waals surface area contributed by atoms with Crippen LogP contribution in [0.25, 0.3) is 0 Å². The van der Waals surface area contributed by atoms with Crippen molar-refractivity contribution in [2.24, 2.45) is 11.8 Å². The maximum absolute atomic E-state index is 14.6. The predicted octanol–water partition coefficient (Wildman–Crippen LogP) is 5.23. The summed E-state index contributed by atoms with van der Waals surface area (Å²) >= 11 is 0. The summed E-state index contributed by atoms with van der Waals surface area (Å²) in [4.78, 5) is 54.8. The average molecular weight is 562 g/mol. The molecule has 0 aromatic heterocycles. The van der Waals surface area contributed by atoms with E-state index in [1.165, 1.54) is 7.11 Å². The van der Waals surface area contributed by atoms with Crippen LogP contribution in [-0.4, -0.2) is 60.1 Å². The fraction of sp³-hybridized carbons (Fsp3) is 0.677. The quantitative estimate of drug-likeness (QED) is 0.319. The Hall–Kier alpha value is -3.10. The van der Waals surface area contributed by atoms with E-state index in [9.17, 15) is 19.2 Å². The Kier molecular flexibility index (Phi) is 13.6. The molecule has 0 saturated heterocycles. The van der Waals surface area contributed by atoms with Gasteiger partial charge < -0.3 is 25.0 Å². The van der Waals surface area contributed by atoms with Crippen molar-refractivity contribution < 1.29 is 28.7 Å². The Morgan fingerprint density at radius 2 is 1.55 bits per heavy atom. The largest absolute Gasteiger partial charge is 0.468 e. The SMILES string of the molecule is CCC(C)C(NC(=O)OC(C)(C)C)C(=O)N(C(C)CCC(C)C)C(C(=O)NCC(=O)OC)c1c(C)cccc1C.